The molecule has 0 unspecified atom stereocenters. The van der Waals surface area contributed by atoms with Crippen LogP contribution in [0.1, 0.15) is 37.8 Å². The van der Waals surface area contributed by atoms with Crippen molar-refractivity contribution in [2.75, 3.05) is 38.9 Å². The number of benzene rings is 2. The molecule has 2 N–H and O–H groups in total. The van der Waals surface area contributed by atoms with E-state index in [1.807, 2.05) is 26.0 Å². The van der Waals surface area contributed by atoms with Crippen LogP contribution in [0.25, 0.3) is 0 Å². The Bertz CT molecular complexity index is 1120. The van der Waals surface area contributed by atoms with Gasteiger partial charge in [0.05, 0.1) is 38.9 Å². The Kier molecular flexibility index (Phi) is 15.7. The molecule has 14 heteroatoms. The molecule has 0 saturated carbocycles. The summed E-state index contributed by atoms with van der Waals surface area (Å²) in [6.45, 7) is 4.24. The van der Waals surface area contributed by atoms with E-state index in [1.54, 1.807) is 24.3 Å². The molecule has 0 spiro atoms. The summed E-state index contributed by atoms with van der Waals surface area (Å²) in [7, 11) is -4.98. The molecule has 0 fully saturated rings. The van der Waals surface area contributed by atoms with Gasteiger partial charge < -0.3 is 18.9 Å². The van der Waals surface area contributed by atoms with E-state index in [1.165, 1.54) is 14.2 Å². The van der Waals surface area contributed by atoms with Gasteiger partial charge in [-0.1, -0.05) is 26.0 Å². The predicted octanol–water partition coefficient (Wildman–Crippen LogP) is 2.05. The van der Waals surface area contributed by atoms with Gasteiger partial charge in [0.15, 0.2) is 0 Å². The first-order valence-electron chi connectivity index (χ1n) is 10.8. The fourth-order valence-corrected chi connectivity index (χ4v) is 4.53. The molecule has 0 bridgehead atoms. The third kappa shape index (κ3) is 12.0. The van der Waals surface area contributed by atoms with Gasteiger partial charge in [-0.2, -0.15) is 16.8 Å². The van der Waals surface area contributed by atoms with E-state index in [0.29, 0.717) is 23.0 Å². The summed E-state index contributed by atoms with van der Waals surface area (Å²) in [5.74, 6) is 1.37. The molecule has 37 heavy (non-hydrogen) atoms. The number of hydrogen-bond donors (Lipinski definition) is 2. The maximum absolute atomic E-state index is 10.8. The van der Waals surface area contributed by atoms with Crippen molar-refractivity contribution in [1.29, 1.82) is 0 Å². The average molecular weight is 581 g/mol. The Morgan fingerprint density at radius 1 is 0.703 bits per heavy atom. The van der Waals surface area contributed by atoms with Gasteiger partial charge in [-0.3, -0.25) is 9.11 Å². The molecule has 0 saturated heterocycles. The normalized spacial score (nSPS) is 11.6. The standard InChI is InChI=1S/C23H32O10S2.2Na.2H/c1-23(2,19-9-7-17(15-21(19)30-3)32-11-5-13-34(24,25)26)20-10-8-18(16-22(20)31-4)33-12-6-14-35(27,28)29;;;;/h7-10,15-16H,5-6,11-14H2,1-4H3,(H,24,25,26)(H,27,28,29);;;;. The van der Waals surface area contributed by atoms with E-state index >= 15 is 0 Å². The second-order valence-corrected chi connectivity index (χ2v) is 11.5. The van der Waals surface area contributed by atoms with Gasteiger partial charge in [0.2, 0.25) is 0 Å². The van der Waals surface area contributed by atoms with Crippen LogP contribution < -0.4 is 18.9 Å². The van der Waals surface area contributed by atoms with Crippen molar-refractivity contribution in [2.24, 2.45) is 0 Å². The van der Waals surface area contributed by atoms with E-state index in [9.17, 15) is 16.8 Å². The van der Waals surface area contributed by atoms with Crippen LogP contribution in [-0.2, 0) is 25.7 Å². The molecule has 0 amide bonds. The van der Waals surface area contributed by atoms with Crippen LogP contribution in [0.5, 0.6) is 23.0 Å². The number of rotatable bonds is 14. The van der Waals surface area contributed by atoms with Crippen LogP contribution in [-0.4, -0.2) is 124 Å². The molecule has 2 aromatic rings. The summed E-state index contributed by atoms with van der Waals surface area (Å²) in [6, 6.07) is 10.7. The quantitative estimate of drug-likeness (QED) is 0.193. The number of ether oxygens (including phenoxy) is 4. The molecule has 200 valence electrons. The second-order valence-electron chi connectivity index (χ2n) is 8.33. The van der Waals surface area contributed by atoms with Crippen molar-refractivity contribution in [3.05, 3.63) is 47.5 Å². The molecule has 0 radical (unpaired) electrons. The van der Waals surface area contributed by atoms with Gasteiger partial charge in [-0.05, 0) is 25.0 Å². The van der Waals surface area contributed by atoms with E-state index < -0.39 is 25.7 Å². The first-order valence-corrected chi connectivity index (χ1v) is 14.0. The molecule has 0 aliphatic heterocycles. The Hall–Kier alpha value is -0.540. The third-order valence-corrected chi connectivity index (χ3v) is 6.93. The summed E-state index contributed by atoms with van der Waals surface area (Å²) in [5, 5.41) is 0. The molecular weight excluding hydrogens is 546 g/mol. The van der Waals surface area contributed by atoms with Crippen molar-refractivity contribution in [2.45, 2.75) is 32.1 Å². The molecule has 10 nitrogen and oxygen atoms in total. The van der Waals surface area contributed by atoms with Gasteiger partial charge in [-0.15, -0.1) is 0 Å². The maximum atomic E-state index is 10.8. The van der Waals surface area contributed by atoms with Gasteiger partial charge >= 0.3 is 59.1 Å². The summed E-state index contributed by atoms with van der Waals surface area (Å²) in [5.41, 5.74) is 1.14. The number of hydrogen-bond acceptors (Lipinski definition) is 8. The minimum atomic E-state index is -4.03. The fourth-order valence-electron chi connectivity index (χ4n) is 3.56. The zero-order valence-electron chi connectivity index (χ0n) is 20.2. The molecule has 0 aromatic heterocycles. The monoisotopic (exact) mass is 580 g/mol. The Labute approximate surface area is 263 Å². The van der Waals surface area contributed by atoms with E-state index in [2.05, 4.69) is 0 Å². The van der Waals surface area contributed by atoms with E-state index in [4.69, 9.17) is 28.1 Å². The van der Waals surface area contributed by atoms with Crippen LogP contribution in [0, 0.1) is 0 Å². The van der Waals surface area contributed by atoms with Crippen molar-refractivity contribution >= 4 is 79.4 Å². The first-order chi connectivity index (χ1) is 16.3. The third-order valence-electron chi connectivity index (χ3n) is 5.32. The van der Waals surface area contributed by atoms with Gasteiger partial charge in [0.1, 0.15) is 23.0 Å². The van der Waals surface area contributed by atoms with Crippen LogP contribution in [0.15, 0.2) is 36.4 Å². The minimum absolute atomic E-state index is 0. The summed E-state index contributed by atoms with van der Waals surface area (Å²) in [4.78, 5) is 0. The zero-order valence-corrected chi connectivity index (χ0v) is 21.8. The van der Waals surface area contributed by atoms with Crippen LogP contribution in [0.3, 0.4) is 0 Å². The van der Waals surface area contributed by atoms with Gasteiger partial charge in [-0.25, -0.2) is 0 Å². The van der Waals surface area contributed by atoms with E-state index in [0.717, 1.165) is 11.1 Å². The summed E-state index contributed by atoms with van der Waals surface area (Å²) in [6.07, 6.45) is 0.297. The van der Waals surface area contributed by atoms with Crippen molar-refractivity contribution in [1.82, 2.24) is 0 Å². The van der Waals surface area contributed by atoms with Crippen LogP contribution >= 0.6 is 0 Å². The SMILES string of the molecule is COc1cc(OCCCS(=O)(=O)O)ccc1C(C)(C)c1ccc(OCCCS(=O)(=O)O)cc1OC.[NaH].[NaH]. The second kappa shape index (κ2) is 15.9. The Morgan fingerprint density at radius 2 is 1.05 bits per heavy atom. The summed E-state index contributed by atoms with van der Waals surface area (Å²) < 4.78 is 83.4. The summed E-state index contributed by atoms with van der Waals surface area (Å²) >= 11 is 0. The predicted molar refractivity (Wildman–Crippen MR) is 145 cm³/mol. The molecular formula is C23H34Na2O10S2. The Morgan fingerprint density at radius 3 is 1.35 bits per heavy atom. The van der Waals surface area contributed by atoms with Crippen molar-refractivity contribution in [3.8, 4) is 23.0 Å². The molecule has 0 atom stereocenters. The fraction of sp³-hybridized carbons (Fsp3) is 0.478. The number of methoxy groups -OCH3 is 2. The molecule has 0 aliphatic carbocycles. The molecule has 0 aliphatic rings. The van der Waals surface area contributed by atoms with E-state index in [-0.39, 0.29) is 96.7 Å². The zero-order chi connectivity index (χ0) is 26.3. The Balaban J connectivity index is 0.00000648. The molecule has 0 heterocycles. The van der Waals surface area contributed by atoms with Crippen molar-refractivity contribution in [3.63, 3.8) is 0 Å². The van der Waals surface area contributed by atoms with Crippen LogP contribution in [0.4, 0.5) is 0 Å². The van der Waals surface area contributed by atoms with Gasteiger partial charge in [0.25, 0.3) is 20.2 Å². The molecule has 2 rings (SSSR count). The first kappa shape index (κ1) is 36.5. The topological polar surface area (TPSA) is 146 Å². The van der Waals surface area contributed by atoms with Crippen molar-refractivity contribution < 1.29 is 44.9 Å². The van der Waals surface area contributed by atoms with Crippen LogP contribution in [0.2, 0.25) is 0 Å². The molecule has 2 aromatic carbocycles. The average Bonchev–Trinajstić information content (AvgIpc) is 2.77. The van der Waals surface area contributed by atoms with Gasteiger partial charge in [0, 0.05) is 28.7 Å².